The first kappa shape index (κ1) is 34.3. The minimum absolute atomic E-state index is 0.0520. The molecule has 2 aliphatic heterocycles. The molecule has 4 aliphatic rings. The highest BCUT2D eigenvalue weighted by atomic mass is 35.5. The van der Waals surface area contributed by atoms with E-state index >= 15 is 4.79 Å². The molecule has 1 saturated carbocycles. The van der Waals surface area contributed by atoms with Crippen LogP contribution in [0.1, 0.15) is 35.4 Å². The summed E-state index contributed by atoms with van der Waals surface area (Å²) < 4.78 is 13.9. The molecule has 6 unspecified atom stereocenters. The molecule has 2 N–H and O–H groups in total. The second-order valence-corrected chi connectivity index (χ2v) is 15.4. The Bertz CT molecular complexity index is 2470. The zero-order chi connectivity index (χ0) is 37.6. The van der Waals surface area contributed by atoms with E-state index in [9.17, 15) is 23.9 Å². The summed E-state index contributed by atoms with van der Waals surface area (Å²) in [5, 5.41) is 15.3. The Morgan fingerprint density at radius 1 is 0.833 bits per heavy atom. The highest BCUT2D eigenvalue weighted by molar-refractivity contribution is 6.32. The number of aromatic hydroxyl groups is 1. The number of aryl methyl sites for hydroxylation is 1. The van der Waals surface area contributed by atoms with Gasteiger partial charge in [0.2, 0.25) is 11.8 Å². The van der Waals surface area contributed by atoms with Gasteiger partial charge in [0.1, 0.15) is 11.6 Å². The molecule has 11 heteroatoms. The van der Waals surface area contributed by atoms with Crippen LogP contribution in [0, 0.1) is 36.4 Å². The number of halogens is 3. The number of rotatable bonds is 5. The number of hydrazine groups is 1. The van der Waals surface area contributed by atoms with Gasteiger partial charge in [0, 0.05) is 26.9 Å². The van der Waals surface area contributed by atoms with Gasteiger partial charge in [-0.05, 0) is 90.7 Å². The van der Waals surface area contributed by atoms with Crippen LogP contribution in [-0.4, -0.2) is 33.7 Å². The predicted molar refractivity (Wildman–Crippen MR) is 203 cm³/mol. The molecule has 0 spiro atoms. The van der Waals surface area contributed by atoms with Crippen molar-refractivity contribution in [2.45, 2.75) is 31.1 Å². The largest absolute Gasteiger partial charge is 0.507 e. The number of fused-ring (bicyclic) bond motifs is 5. The number of nitrogens with one attached hydrogen (secondary N) is 1. The summed E-state index contributed by atoms with van der Waals surface area (Å²) in [4.78, 5) is 60.2. The Balaban J connectivity index is 1.26. The van der Waals surface area contributed by atoms with Crippen molar-refractivity contribution in [3.05, 3.63) is 147 Å². The monoisotopic (exact) mass is 759 g/mol. The van der Waals surface area contributed by atoms with Crippen LogP contribution in [0.5, 0.6) is 5.75 Å². The van der Waals surface area contributed by atoms with E-state index in [4.69, 9.17) is 23.2 Å². The summed E-state index contributed by atoms with van der Waals surface area (Å²) in [6.07, 6.45) is 2.21. The molecule has 2 heterocycles. The van der Waals surface area contributed by atoms with Crippen LogP contribution in [0.2, 0.25) is 10.0 Å². The number of anilines is 2. The third-order valence-corrected chi connectivity index (χ3v) is 12.6. The van der Waals surface area contributed by atoms with Gasteiger partial charge >= 0.3 is 0 Å². The second-order valence-electron chi connectivity index (χ2n) is 14.5. The molecular weight excluding hydrogens is 728 g/mol. The Morgan fingerprint density at radius 3 is 2.31 bits per heavy atom. The number of nitrogens with zero attached hydrogens (tertiary/aromatic N) is 2. The average Bonchev–Trinajstić information content (AvgIpc) is 3.55. The lowest BCUT2D eigenvalue weighted by molar-refractivity contribution is -0.138. The zero-order valence-corrected chi connectivity index (χ0v) is 30.3. The quantitative estimate of drug-likeness (QED) is 0.138. The van der Waals surface area contributed by atoms with E-state index < -0.39 is 58.5 Å². The lowest BCUT2D eigenvalue weighted by atomic mass is 9.49. The van der Waals surface area contributed by atoms with Crippen molar-refractivity contribution in [2.75, 3.05) is 10.3 Å². The first-order chi connectivity index (χ1) is 26.0. The van der Waals surface area contributed by atoms with E-state index in [1.54, 1.807) is 54.6 Å². The molecule has 3 fully saturated rings. The number of hydrogen-bond acceptors (Lipinski definition) is 6. The van der Waals surface area contributed by atoms with E-state index in [-0.39, 0.29) is 24.5 Å². The molecule has 0 radical (unpaired) electrons. The van der Waals surface area contributed by atoms with Gasteiger partial charge in [-0.1, -0.05) is 89.4 Å². The number of allylic oxidation sites excluding steroid dienone is 2. The van der Waals surface area contributed by atoms with Gasteiger partial charge in [0.05, 0.1) is 34.5 Å². The molecule has 54 heavy (non-hydrogen) atoms. The fourth-order valence-electron chi connectivity index (χ4n) is 9.48. The molecular formula is C43H32Cl2FN3O5. The molecule has 270 valence electrons. The molecule has 2 saturated heterocycles. The van der Waals surface area contributed by atoms with Gasteiger partial charge in [-0.3, -0.25) is 24.6 Å². The number of phenolic OH excluding ortho intramolecular Hbond substituents is 1. The maximum absolute atomic E-state index is 15.4. The minimum Gasteiger partial charge on any atom is -0.507 e. The van der Waals surface area contributed by atoms with E-state index in [1.807, 2.05) is 37.3 Å². The molecule has 2 aliphatic carbocycles. The number of carbonyl (C=O) groups is 4. The van der Waals surface area contributed by atoms with Crippen LogP contribution in [0.15, 0.2) is 115 Å². The van der Waals surface area contributed by atoms with Gasteiger partial charge < -0.3 is 5.11 Å². The predicted octanol–water partition coefficient (Wildman–Crippen LogP) is 8.49. The summed E-state index contributed by atoms with van der Waals surface area (Å²) in [6.45, 7) is 1.83. The highest BCUT2D eigenvalue weighted by Gasteiger charge is 2.70. The van der Waals surface area contributed by atoms with E-state index in [0.29, 0.717) is 43.5 Å². The average molecular weight is 761 g/mol. The Hall–Kier alpha value is -5.51. The van der Waals surface area contributed by atoms with Crippen LogP contribution in [-0.2, 0) is 24.6 Å². The highest BCUT2D eigenvalue weighted by Crippen LogP contribution is 2.65. The van der Waals surface area contributed by atoms with Crippen molar-refractivity contribution in [3.63, 3.8) is 0 Å². The van der Waals surface area contributed by atoms with E-state index in [2.05, 4.69) is 5.43 Å². The SMILES string of the molecule is Cc1ccc(N2C(=O)C3CC=C4C(CC5C(=O)N(Nc6ccc(F)cc6)C(=O)C5(c5ccc(Cl)cc5)C4c4ccc5ccccc5c4O)C3C2=O)cc1Cl. The van der Waals surface area contributed by atoms with Crippen LogP contribution in [0.3, 0.4) is 0 Å². The summed E-state index contributed by atoms with van der Waals surface area (Å²) in [6, 6.07) is 28.1. The summed E-state index contributed by atoms with van der Waals surface area (Å²) in [5.74, 6) is -6.62. The number of amides is 4. The van der Waals surface area contributed by atoms with Crippen LogP contribution in [0.25, 0.3) is 10.8 Å². The van der Waals surface area contributed by atoms with Crippen molar-refractivity contribution >= 4 is 69.0 Å². The third kappa shape index (κ3) is 4.87. The summed E-state index contributed by atoms with van der Waals surface area (Å²) in [5.41, 5.74) is 4.41. The molecule has 5 aromatic carbocycles. The van der Waals surface area contributed by atoms with E-state index in [0.717, 1.165) is 16.0 Å². The summed E-state index contributed by atoms with van der Waals surface area (Å²) in [7, 11) is 0. The molecule has 8 nitrogen and oxygen atoms in total. The molecule has 9 rings (SSSR count). The van der Waals surface area contributed by atoms with Crippen molar-refractivity contribution in [1.82, 2.24) is 5.01 Å². The van der Waals surface area contributed by atoms with Crippen LogP contribution < -0.4 is 10.3 Å². The molecule has 4 amide bonds. The molecule has 0 bridgehead atoms. The third-order valence-electron chi connectivity index (χ3n) is 11.9. The van der Waals surface area contributed by atoms with Crippen molar-refractivity contribution < 1.29 is 28.7 Å². The smallest absolute Gasteiger partial charge is 0.260 e. The fourth-order valence-corrected chi connectivity index (χ4v) is 9.78. The van der Waals surface area contributed by atoms with Gasteiger partial charge in [-0.25, -0.2) is 9.29 Å². The Labute approximate surface area is 319 Å². The maximum Gasteiger partial charge on any atom is 0.260 e. The van der Waals surface area contributed by atoms with Crippen molar-refractivity contribution in [1.29, 1.82) is 0 Å². The van der Waals surface area contributed by atoms with Crippen LogP contribution >= 0.6 is 23.2 Å². The normalized spacial score (nSPS) is 26.1. The maximum atomic E-state index is 15.4. The first-order valence-electron chi connectivity index (χ1n) is 17.7. The van der Waals surface area contributed by atoms with Gasteiger partial charge in [0.25, 0.3) is 11.8 Å². The fraction of sp³-hybridized carbons (Fsp3) is 0.209. The first-order valence-corrected chi connectivity index (χ1v) is 18.5. The standard InChI is InChI=1S/C43H32Cl2FN3O5/c1-22-6-16-28(20-35(22)45)48-39(51)31-19-18-30-33(36(31)41(48)53)21-34-40(52)49(47-27-14-12-26(46)13-15-27)42(54)43(34,24-8-10-25(44)11-9-24)37(30)32-17-7-23-4-2-3-5-29(23)38(32)50/h2-18,20,31,33-34,36-37,47,50H,19,21H2,1H3. The molecule has 0 aromatic heterocycles. The van der Waals surface area contributed by atoms with Gasteiger partial charge in [-0.2, -0.15) is 5.01 Å². The number of imide groups is 2. The van der Waals surface area contributed by atoms with Crippen LogP contribution in [0.4, 0.5) is 15.8 Å². The van der Waals surface area contributed by atoms with Crippen molar-refractivity contribution in [2.24, 2.45) is 23.7 Å². The van der Waals surface area contributed by atoms with Gasteiger partial charge in [-0.15, -0.1) is 0 Å². The Kier molecular flexibility index (Phi) is 7.95. The number of hydrogen-bond donors (Lipinski definition) is 2. The zero-order valence-electron chi connectivity index (χ0n) is 28.8. The molecule has 6 atom stereocenters. The summed E-state index contributed by atoms with van der Waals surface area (Å²) >= 11 is 12.9. The number of benzene rings is 5. The lowest BCUT2D eigenvalue weighted by Crippen LogP contribution is -2.53. The Morgan fingerprint density at radius 2 is 1.57 bits per heavy atom. The second kappa shape index (κ2) is 12.5. The van der Waals surface area contributed by atoms with Crippen molar-refractivity contribution in [3.8, 4) is 5.75 Å². The van der Waals surface area contributed by atoms with E-state index in [1.165, 1.54) is 29.2 Å². The number of carbonyl (C=O) groups excluding carboxylic acids is 4. The number of phenols is 1. The molecule has 5 aromatic rings. The lowest BCUT2D eigenvalue weighted by Gasteiger charge is -2.50. The minimum atomic E-state index is -1.63. The van der Waals surface area contributed by atoms with Gasteiger partial charge in [0.15, 0.2) is 0 Å². The topological polar surface area (TPSA) is 107 Å².